The van der Waals surface area contributed by atoms with Crippen molar-refractivity contribution in [2.45, 2.75) is 26.4 Å². The van der Waals surface area contributed by atoms with E-state index in [0.29, 0.717) is 48.2 Å². The summed E-state index contributed by atoms with van der Waals surface area (Å²) in [6, 6.07) is 15.4. The summed E-state index contributed by atoms with van der Waals surface area (Å²) in [5, 5.41) is 5.25. The van der Waals surface area contributed by atoms with Crippen molar-refractivity contribution in [1.29, 1.82) is 0 Å². The summed E-state index contributed by atoms with van der Waals surface area (Å²) in [5.41, 5.74) is 3.66. The minimum Gasteiger partial charge on any atom is -0.496 e. The smallest absolute Gasteiger partial charge is 0.254 e. The van der Waals surface area contributed by atoms with E-state index >= 15 is 0 Å². The molecule has 1 aliphatic heterocycles. The number of hydrogen-bond donors (Lipinski definition) is 0. The van der Waals surface area contributed by atoms with E-state index < -0.39 is 0 Å². The van der Waals surface area contributed by atoms with Gasteiger partial charge in [0.05, 0.1) is 30.0 Å². The lowest BCUT2D eigenvalue weighted by Crippen LogP contribution is -2.26. The molecule has 8 heteroatoms. The number of amides is 1. The number of aromatic nitrogens is 3. The van der Waals surface area contributed by atoms with Crippen molar-refractivity contribution >= 4 is 16.9 Å². The molecule has 0 atom stereocenters. The average molecular weight is 473 g/mol. The Morgan fingerprint density at radius 1 is 1.11 bits per heavy atom. The van der Waals surface area contributed by atoms with E-state index in [1.54, 1.807) is 25.3 Å². The summed E-state index contributed by atoms with van der Waals surface area (Å²) in [6.07, 6.45) is 1.72. The van der Waals surface area contributed by atoms with E-state index in [-0.39, 0.29) is 11.9 Å². The Morgan fingerprint density at radius 2 is 1.89 bits per heavy atom. The van der Waals surface area contributed by atoms with Crippen LogP contribution in [0.2, 0.25) is 0 Å². The van der Waals surface area contributed by atoms with E-state index in [0.717, 1.165) is 22.3 Å². The second kappa shape index (κ2) is 9.29. The van der Waals surface area contributed by atoms with Crippen molar-refractivity contribution in [1.82, 2.24) is 19.7 Å². The Labute approximate surface area is 204 Å². The highest BCUT2D eigenvalue weighted by atomic mass is 16.6. The molecule has 4 aromatic rings. The number of carbonyl (C=O) groups is 1. The highest BCUT2D eigenvalue weighted by Gasteiger charge is 2.22. The Bertz CT molecular complexity index is 1400. The molecule has 180 valence electrons. The van der Waals surface area contributed by atoms with Gasteiger partial charge in [0.1, 0.15) is 19.0 Å². The lowest BCUT2D eigenvalue weighted by Gasteiger charge is -2.20. The number of methoxy groups -OCH3 is 1. The van der Waals surface area contributed by atoms with Crippen LogP contribution in [0.1, 0.15) is 35.8 Å². The normalized spacial score (nSPS) is 12.7. The predicted molar refractivity (Wildman–Crippen MR) is 133 cm³/mol. The number of fused-ring (bicyclic) bond motifs is 2. The van der Waals surface area contributed by atoms with Gasteiger partial charge in [-0.15, -0.1) is 0 Å². The zero-order chi connectivity index (χ0) is 24.5. The standard InChI is InChI=1S/C27H28N4O4/c1-17(2)31-26-21(15-28-31)20(27(32)30(3)16-19-7-5-6-8-23(19)33-4)14-22(29-26)18-9-10-24-25(13-18)35-12-11-34-24/h5-10,13-15,17H,11-12,16H2,1-4H3. The first-order chi connectivity index (χ1) is 17.0. The number of para-hydroxylation sites is 1. The maximum absolute atomic E-state index is 13.7. The molecule has 35 heavy (non-hydrogen) atoms. The largest absolute Gasteiger partial charge is 0.496 e. The van der Waals surface area contributed by atoms with Gasteiger partial charge in [-0.25, -0.2) is 9.67 Å². The number of rotatable bonds is 6. The molecule has 0 spiro atoms. The fourth-order valence-corrected chi connectivity index (χ4v) is 4.29. The molecule has 0 N–H and O–H groups in total. The first-order valence-electron chi connectivity index (χ1n) is 11.6. The second-order valence-corrected chi connectivity index (χ2v) is 8.81. The molecule has 1 amide bonds. The van der Waals surface area contributed by atoms with Crippen LogP contribution in [-0.2, 0) is 6.54 Å². The first-order valence-corrected chi connectivity index (χ1v) is 11.6. The Kier molecular flexibility index (Phi) is 6.03. The SMILES string of the molecule is COc1ccccc1CN(C)C(=O)c1cc(-c2ccc3c(c2)OCCO3)nc2c1cnn2C(C)C. The summed E-state index contributed by atoms with van der Waals surface area (Å²) in [4.78, 5) is 20.3. The number of carbonyl (C=O) groups excluding carboxylic acids is 1. The van der Waals surface area contributed by atoms with Crippen LogP contribution in [0.5, 0.6) is 17.2 Å². The van der Waals surface area contributed by atoms with Gasteiger partial charge in [-0.1, -0.05) is 18.2 Å². The Morgan fingerprint density at radius 3 is 2.66 bits per heavy atom. The Hall–Kier alpha value is -4.07. The molecule has 8 nitrogen and oxygen atoms in total. The van der Waals surface area contributed by atoms with Crippen LogP contribution in [0, 0.1) is 0 Å². The monoisotopic (exact) mass is 472 g/mol. The van der Waals surface area contributed by atoms with Gasteiger partial charge < -0.3 is 19.1 Å². The van der Waals surface area contributed by atoms with Crippen LogP contribution < -0.4 is 14.2 Å². The Balaban J connectivity index is 1.58. The molecule has 0 unspecified atom stereocenters. The summed E-state index contributed by atoms with van der Waals surface area (Å²) in [7, 11) is 3.42. The van der Waals surface area contributed by atoms with E-state index in [2.05, 4.69) is 5.10 Å². The van der Waals surface area contributed by atoms with Gasteiger partial charge in [0.25, 0.3) is 5.91 Å². The molecule has 3 heterocycles. The molecule has 0 bridgehead atoms. The van der Waals surface area contributed by atoms with Crippen LogP contribution in [0.4, 0.5) is 0 Å². The van der Waals surface area contributed by atoms with Gasteiger partial charge >= 0.3 is 0 Å². The maximum atomic E-state index is 13.7. The van der Waals surface area contributed by atoms with Crippen molar-refractivity contribution in [3.8, 4) is 28.5 Å². The molecule has 1 aliphatic rings. The summed E-state index contributed by atoms with van der Waals surface area (Å²) >= 11 is 0. The molecular weight excluding hydrogens is 444 g/mol. The van der Waals surface area contributed by atoms with Gasteiger partial charge in [-0.2, -0.15) is 5.10 Å². The van der Waals surface area contributed by atoms with Gasteiger partial charge in [0.2, 0.25) is 0 Å². The first kappa shape index (κ1) is 22.7. The van der Waals surface area contributed by atoms with Crippen molar-refractivity contribution in [2.24, 2.45) is 0 Å². The van der Waals surface area contributed by atoms with Crippen LogP contribution >= 0.6 is 0 Å². The molecule has 0 fully saturated rings. The molecule has 2 aromatic heterocycles. The van der Waals surface area contributed by atoms with Crippen molar-refractivity contribution in [2.75, 3.05) is 27.4 Å². The summed E-state index contributed by atoms with van der Waals surface area (Å²) in [6.45, 7) is 5.52. The molecule has 0 radical (unpaired) electrons. The molecule has 2 aromatic carbocycles. The summed E-state index contributed by atoms with van der Waals surface area (Å²) < 4.78 is 18.7. The van der Waals surface area contributed by atoms with Crippen LogP contribution in [0.25, 0.3) is 22.3 Å². The van der Waals surface area contributed by atoms with Crippen molar-refractivity contribution < 1.29 is 19.0 Å². The maximum Gasteiger partial charge on any atom is 0.254 e. The highest BCUT2D eigenvalue weighted by molar-refractivity contribution is 6.06. The molecule has 0 aliphatic carbocycles. The van der Waals surface area contributed by atoms with E-state index in [1.807, 2.05) is 67.1 Å². The molecule has 0 saturated heterocycles. The van der Waals surface area contributed by atoms with Gasteiger partial charge in [-0.3, -0.25) is 4.79 Å². The number of nitrogens with zero attached hydrogens (tertiary/aromatic N) is 4. The van der Waals surface area contributed by atoms with Gasteiger partial charge in [0, 0.05) is 30.8 Å². The van der Waals surface area contributed by atoms with Gasteiger partial charge in [-0.05, 0) is 44.2 Å². The number of benzene rings is 2. The lowest BCUT2D eigenvalue weighted by atomic mass is 10.0. The van der Waals surface area contributed by atoms with Crippen LogP contribution in [-0.4, -0.2) is 52.9 Å². The minimum atomic E-state index is -0.120. The fraction of sp³-hybridized carbons (Fsp3) is 0.296. The predicted octanol–water partition coefficient (Wildman–Crippen LogP) is 4.73. The number of hydrogen-bond acceptors (Lipinski definition) is 6. The number of ether oxygens (including phenoxy) is 3. The average Bonchev–Trinajstić information content (AvgIpc) is 3.32. The van der Waals surface area contributed by atoms with Crippen molar-refractivity contribution in [3.63, 3.8) is 0 Å². The molecule has 5 rings (SSSR count). The van der Waals surface area contributed by atoms with E-state index in [9.17, 15) is 4.79 Å². The van der Waals surface area contributed by atoms with Crippen LogP contribution in [0.3, 0.4) is 0 Å². The third-order valence-electron chi connectivity index (χ3n) is 6.07. The molecule has 0 saturated carbocycles. The van der Waals surface area contributed by atoms with Gasteiger partial charge in [0.15, 0.2) is 17.1 Å². The summed E-state index contributed by atoms with van der Waals surface area (Å²) in [5.74, 6) is 2.01. The van der Waals surface area contributed by atoms with Crippen molar-refractivity contribution in [3.05, 3.63) is 65.9 Å². The zero-order valence-electron chi connectivity index (χ0n) is 20.3. The second-order valence-electron chi connectivity index (χ2n) is 8.81. The lowest BCUT2D eigenvalue weighted by molar-refractivity contribution is 0.0786. The van der Waals surface area contributed by atoms with E-state index in [1.165, 1.54) is 0 Å². The number of pyridine rings is 1. The zero-order valence-corrected chi connectivity index (χ0v) is 20.3. The fourth-order valence-electron chi connectivity index (χ4n) is 4.29. The topological polar surface area (TPSA) is 78.7 Å². The minimum absolute atomic E-state index is 0.0878. The highest BCUT2D eigenvalue weighted by Crippen LogP contribution is 2.35. The van der Waals surface area contributed by atoms with Crippen LogP contribution in [0.15, 0.2) is 54.7 Å². The molecular formula is C27H28N4O4. The third-order valence-corrected chi connectivity index (χ3v) is 6.07. The third kappa shape index (κ3) is 4.27. The van der Waals surface area contributed by atoms with E-state index in [4.69, 9.17) is 19.2 Å². The quantitative estimate of drug-likeness (QED) is 0.404.